The van der Waals surface area contributed by atoms with Crippen molar-refractivity contribution >= 4 is 39.1 Å². The summed E-state index contributed by atoms with van der Waals surface area (Å²) < 4.78 is 7.46. The largest absolute Gasteiger partial charge is 0.376 e. The van der Waals surface area contributed by atoms with Crippen LogP contribution in [0.15, 0.2) is 9.95 Å². The van der Waals surface area contributed by atoms with E-state index in [2.05, 4.69) is 0 Å². The average molecular weight is 364 g/mol. The maximum Gasteiger partial charge on any atom is 0.263 e. The highest BCUT2D eigenvalue weighted by molar-refractivity contribution is 7.99. The molecule has 1 saturated heterocycles. The molecule has 0 saturated carbocycles. The van der Waals surface area contributed by atoms with Crippen molar-refractivity contribution in [1.29, 1.82) is 0 Å². The first kappa shape index (κ1) is 16.3. The van der Waals surface area contributed by atoms with Gasteiger partial charge in [0.05, 0.1) is 23.8 Å². The van der Waals surface area contributed by atoms with Crippen LogP contribution in [0.5, 0.6) is 0 Å². The standard InChI is InChI=1S/C17H20N2O3S2/c1-10(20)9-23-17-18-15-14(12-5-2-6-13(12)24-15)16(21)19(17)8-11-4-3-7-22-11/h11H,2-9H2,1H3/t11-/m1/s1. The van der Waals surface area contributed by atoms with Gasteiger partial charge in [0.15, 0.2) is 5.16 Å². The summed E-state index contributed by atoms with van der Waals surface area (Å²) in [6, 6.07) is 0. The Labute approximate surface area is 148 Å². The number of carbonyl (C=O) groups is 1. The molecular weight excluding hydrogens is 344 g/mol. The number of hydrogen-bond donors (Lipinski definition) is 0. The normalized spacial score (nSPS) is 20.0. The van der Waals surface area contributed by atoms with Gasteiger partial charge >= 0.3 is 0 Å². The Morgan fingerprint density at radius 1 is 1.42 bits per heavy atom. The van der Waals surface area contributed by atoms with Crippen LogP contribution in [-0.2, 0) is 28.9 Å². The summed E-state index contributed by atoms with van der Waals surface area (Å²) in [6.45, 7) is 2.86. The number of rotatable bonds is 5. The topological polar surface area (TPSA) is 61.2 Å². The molecule has 1 atom stereocenters. The number of nitrogens with zero attached hydrogens (tertiary/aromatic N) is 2. The second-order valence-electron chi connectivity index (χ2n) is 6.47. The molecule has 128 valence electrons. The average Bonchev–Trinajstić information content (AvgIpc) is 3.24. The number of ketones is 1. The van der Waals surface area contributed by atoms with E-state index in [0.29, 0.717) is 17.5 Å². The van der Waals surface area contributed by atoms with Crippen LogP contribution in [0.1, 0.15) is 36.6 Å². The van der Waals surface area contributed by atoms with Crippen molar-refractivity contribution in [3.05, 3.63) is 20.8 Å². The van der Waals surface area contributed by atoms with Crippen LogP contribution in [0.4, 0.5) is 0 Å². The number of thiophene rings is 1. The van der Waals surface area contributed by atoms with E-state index < -0.39 is 0 Å². The third-order valence-electron chi connectivity index (χ3n) is 4.60. The van der Waals surface area contributed by atoms with Crippen LogP contribution in [-0.4, -0.2) is 33.8 Å². The third-order valence-corrected chi connectivity index (χ3v) is 6.91. The van der Waals surface area contributed by atoms with E-state index in [1.807, 2.05) is 0 Å². The van der Waals surface area contributed by atoms with Crippen LogP contribution in [0, 0.1) is 0 Å². The van der Waals surface area contributed by atoms with Gasteiger partial charge in [0.1, 0.15) is 10.6 Å². The van der Waals surface area contributed by atoms with Crippen LogP contribution in [0.2, 0.25) is 0 Å². The maximum absolute atomic E-state index is 13.2. The number of aryl methyl sites for hydroxylation is 2. The molecule has 1 aliphatic carbocycles. The van der Waals surface area contributed by atoms with E-state index >= 15 is 0 Å². The number of Topliss-reactive ketones (excluding diaryl/α,β-unsaturated/α-hetero) is 1. The molecular formula is C17H20N2O3S2. The van der Waals surface area contributed by atoms with E-state index in [9.17, 15) is 9.59 Å². The van der Waals surface area contributed by atoms with E-state index in [1.54, 1.807) is 22.8 Å². The van der Waals surface area contributed by atoms with Crippen molar-refractivity contribution < 1.29 is 9.53 Å². The highest BCUT2D eigenvalue weighted by Gasteiger charge is 2.25. The van der Waals surface area contributed by atoms with Crippen molar-refractivity contribution in [2.45, 2.75) is 56.8 Å². The van der Waals surface area contributed by atoms with Gasteiger partial charge in [-0.05, 0) is 44.6 Å². The summed E-state index contributed by atoms with van der Waals surface area (Å²) in [7, 11) is 0. The number of aromatic nitrogens is 2. The Kier molecular flexibility index (Phi) is 4.49. The molecule has 1 fully saturated rings. The smallest absolute Gasteiger partial charge is 0.263 e. The van der Waals surface area contributed by atoms with Gasteiger partial charge in [-0.3, -0.25) is 14.2 Å². The zero-order valence-electron chi connectivity index (χ0n) is 13.7. The second-order valence-corrected chi connectivity index (χ2v) is 8.50. The molecule has 0 amide bonds. The molecule has 5 nitrogen and oxygen atoms in total. The molecule has 0 radical (unpaired) electrons. The highest BCUT2D eigenvalue weighted by Crippen LogP contribution is 2.35. The minimum atomic E-state index is 0.0425. The number of hydrogen-bond acceptors (Lipinski definition) is 6. The number of thioether (sulfide) groups is 1. The minimum Gasteiger partial charge on any atom is -0.376 e. The molecule has 0 bridgehead atoms. The molecule has 1 aliphatic heterocycles. The van der Waals surface area contributed by atoms with E-state index in [1.165, 1.54) is 22.2 Å². The molecule has 4 rings (SSSR count). The lowest BCUT2D eigenvalue weighted by molar-refractivity contribution is -0.114. The van der Waals surface area contributed by atoms with Crippen molar-refractivity contribution in [3.8, 4) is 0 Å². The molecule has 7 heteroatoms. The Balaban J connectivity index is 1.81. The van der Waals surface area contributed by atoms with Crippen molar-refractivity contribution in [1.82, 2.24) is 9.55 Å². The molecule has 0 unspecified atom stereocenters. The lowest BCUT2D eigenvalue weighted by Gasteiger charge is -2.15. The molecule has 0 aromatic carbocycles. The second kappa shape index (κ2) is 6.61. The number of ether oxygens (including phenoxy) is 1. The Morgan fingerprint density at radius 2 is 2.29 bits per heavy atom. The van der Waals surface area contributed by atoms with E-state index in [4.69, 9.17) is 9.72 Å². The van der Waals surface area contributed by atoms with Crippen LogP contribution >= 0.6 is 23.1 Å². The number of carbonyl (C=O) groups excluding carboxylic acids is 1. The van der Waals surface area contributed by atoms with Gasteiger partial charge in [0.25, 0.3) is 5.56 Å². The van der Waals surface area contributed by atoms with Crippen LogP contribution in [0.3, 0.4) is 0 Å². The molecule has 0 spiro atoms. The zero-order chi connectivity index (χ0) is 16.7. The zero-order valence-corrected chi connectivity index (χ0v) is 15.3. The molecule has 2 aliphatic rings. The minimum absolute atomic E-state index is 0.0425. The monoisotopic (exact) mass is 364 g/mol. The Morgan fingerprint density at radius 3 is 3.04 bits per heavy atom. The first-order valence-electron chi connectivity index (χ1n) is 8.42. The molecule has 24 heavy (non-hydrogen) atoms. The highest BCUT2D eigenvalue weighted by atomic mass is 32.2. The maximum atomic E-state index is 13.2. The number of fused-ring (bicyclic) bond motifs is 3. The van der Waals surface area contributed by atoms with Crippen molar-refractivity contribution in [2.75, 3.05) is 12.4 Å². The fraction of sp³-hybridized carbons (Fsp3) is 0.588. The first-order chi connectivity index (χ1) is 11.6. The first-order valence-corrected chi connectivity index (χ1v) is 10.2. The van der Waals surface area contributed by atoms with Gasteiger partial charge in [0.2, 0.25) is 0 Å². The lowest BCUT2D eigenvalue weighted by atomic mass is 10.2. The molecule has 3 heterocycles. The summed E-state index contributed by atoms with van der Waals surface area (Å²) in [6.07, 6.45) is 5.25. The summed E-state index contributed by atoms with van der Waals surface area (Å²) in [4.78, 5) is 31.5. The molecule has 2 aromatic heterocycles. The summed E-state index contributed by atoms with van der Waals surface area (Å²) in [5.74, 6) is 0.431. The molecule has 2 aromatic rings. The SMILES string of the molecule is CC(=O)CSc1nc2sc3c(c2c(=O)n1C[C@H]1CCCO1)CCC3. The fourth-order valence-corrected chi connectivity index (χ4v) is 5.60. The van der Waals surface area contributed by atoms with Crippen molar-refractivity contribution in [2.24, 2.45) is 0 Å². The summed E-state index contributed by atoms with van der Waals surface area (Å²) >= 11 is 3.01. The van der Waals surface area contributed by atoms with Crippen molar-refractivity contribution in [3.63, 3.8) is 0 Å². The van der Waals surface area contributed by atoms with Gasteiger partial charge in [-0.15, -0.1) is 11.3 Å². The predicted octanol–water partition coefficient (Wildman–Crippen LogP) is 2.81. The van der Waals surface area contributed by atoms with Gasteiger partial charge < -0.3 is 4.74 Å². The quantitative estimate of drug-likeness (QED) is 0.603. The lowest BCUT2D eigenvalue weighted by Crippen LogP contribution is -2.29. The third kappa shape index (κ3) is 2.93. The van der Waals surface area contributed by atoms with Gasteiger partial charge in [-0.25, -0.2) is 4.98 Å². The van der Waals surface area contributed by atoms with Gasteiger partial charge in [-0.1, -0.05) is 11.8 Å². The fourth-order valence-electron chi connectivity index (χ4n) is 3.49. The summed E-state index contributed by atoms with van der Waals surface area (Å²) in [5, 5.41) is 1.45. The van der Waals surface area contributed by atoms with E-state index in [-0.39, 0.29) is 17.4 Å². The van der Waals surface area contributed by atoms with E-state index in [0.717, 1.165) is 48.9 Å². The molecule has 0 N–H and O–H groups in total. The van der Waals surface area contributed by atoms with Gasteiger partial charge in [-0.2, -0.15) is 0 Å². The predicted molar refractivity (Wildman–Crippen MR) is 96.3 cm³/mol. The van der Waals surface area contributed by atoms with Crippen LogP contribution < -0.4 is 5.56 Å². The van der Waals surface area contributed by atoms with Gasteiger partial charge in [0, 0.05) is 11.5 Å². The Bertz CT molecular complexity index is 850. The summed E-state index contributed by atoms with van der Waals surface area (Å²) in [5.41, 5.74) is 1.25. The Hall–Kier alpha value is -1.18. The van der Waals surface area contributed by atoms with Crippen LogP contribution in [0.25, 0.3) is 10.2 Å².